The second kappa shape index (κ2) is 4.03. The molecule has 0 amide bonds. The summed E-state index contributed by atoms with van der Waals surface area (Å²) < 4.78 is 5.34. The molecule has 1 N–H and O–H groups in total. The number of hydrogen-bond acceptors (Lipinski definition) is 4. The lowest BCUT2D eigenvalue weighted by Crippen LogP contribution is -2.50. The van der Waals surface area contributed by atoms with Gasteiger partial charge in [0.25, 0.3) is 0 Å². The molecule has 0 bridgehead atoms. The molecule has 0 aromatic carbocycles. The van der Waals surface area contributed by atoms with Gasteiger partial charge in [0.1, 0.15) is 0 Å². The van der Waals surface area contributed by atoms with Crippen LogP contribution in [0.4, 0.5) is 0 Å². The van der Waals surface area contributed by atoms with E-state index in [1.54, 1.807) is 0 Å². The summed E-state index contributed by atoms with van der Waals surface area (Å²) >= 11 is 0. The Labute approximate surface area is 95.2 Å². The van der Waals surface area contributed by atoms with Gasteiger partial charge < -0.3 is 14.7 Å². The van der Waals surface area contributed by atoms with Crippen LogP contribution in [0.1, 0.15) is 13.8 Å². The number of ether oxygens (including phenoxy) is 1. The van der Waals surface area contributed by atoms with Crippen LogP contribution in [-0.2, 0) is 9.53 Å². The molecule has 0 radical (unpaired) electrons. The molecular weight excluding hydrogens is 206 g/mol. The SMILES string of the molecule is CC(C)CN1CCOC2(O)C=CC(=O)C=C12. The van der Waals surface area contributed by atoms with Gasteiger partial charge >= 0.3 is 0 Å². The fourth-order valence-electron chi connectivity index (χ4n) is 2.07. The monoisotopic (exact) mass is 223 g/mol. The van der Waals surface area contributed by atoms with Crippen molar-refractivity contribution in [1.29, 1.82) is 0 Å². The summed E-state index contributed by atoms with van der Waals surface area (Å²) in [5.74, 6) is -1.02. The first-order valence-corrected chi connectivity index (χ1v) is 5.58. The minimum Gasteiger partial charge on any atom is -0.367 e. The van der Waals surface area contributed by atoms with Crippen LogP contribution >= 0.6 is 0 Å². The number of fused-ring (bicyclic) bond motifs is 1. The summed E-state index contributed by atoms with van der Waals surface area (Å²) in [7, 11) is 0. The normalized spacial score (nSPS) is 29.4. The molecule has 1 fully saturated rings. The zero-order valence-corrected chi connectivity index (χ0v) is 9.64. The highest BCUT2D eigenvalue weighted by Crippen LogP contribution is 2.31. The Hall–Kier alpha value is -1.13. The van der Waals surface area contributed by atoms with Crippen LogP contribution in [0.25, 0.3) is 0 Å². The average Bonchev–Trinajstić information content (AvgIpc) is 2.19. The third-order valence-corrected chi connectivity index (χ3v) is 2.73. The number of morpholine rings is 1. The highest BCUT2D eigenvalue weighted by atomic mass is 16.6. The molecule has 1 atom stereocenters. The van der Waals surface area contributed by atoms with Crippen molar-refractivity contribution in [2.24, 2.45) is 5.92 Å². The van der Waals surface area contributed by atoms with Crippen molar-refractivity contribution in [2.75, 3.05) is 19.7 Å². The van der Waals surface area contributed by atoms with E-state index in [0.717, 1.165) is 6.54 Å². The summed E-state index contributed by atoms with van der Waals surface area (Å²) in [6.45, 7) is 6.22. The Morgan fingerprint density at radius 1 is 1.62 bits per heavy atom. The highest BCUT2D eigenvalue weighted by molar-refractivity contribution is 6.01. The zero-order chi connectivity index (χ0) is 11.8. The summed E-state index contributed by atoms with van der Waals surface area (Å²) in [6, 6.07) is 0. The largest absolute Gasteiger partial charge is 0.367 e. The molecule has 1 aliphatic heterocycles. The number of rotatable bonds is 2. The number of nitrogens with zero attached hydrogens (tertiary/aromatic N) is 1. The van der Waals surface area contributed by atoms with Gasteiger partial charge in [0.2, 0.25) is 5.79 Å². The number of carbonyl (C=O) groups is 1. The third kappa shape index (κ3) is 2.03. The van der Waals surface area contributed by atoms with E-state index in [4.69, 9.17) is 4.74 Å². The molecule has 0 aromatic rings. The molecule has 16 heavy (non-hydrogen) atoms. The Bertz CT molecular complexity index is 359. The lowest BCUT2D eigenvalue weighted by molar-refractivity contribution is -0.178. The van der Waals surface area contributed by atoms with Crippen LogP contribution in [0.3, 0.4) is 0 Å². The van der Waals surface area contributed by atoms with Crippen molar-refractivity contribution in [3.8, 4) is 0 Å². The van der Waals surface area contributed by atoms with E-state index >= 15 is 0 Å². The van der Waals surface area contributed by atoms with Crippen LogP contribution < -0.4 is 0 Å². The molecule has 1 aliphatic carbocycles. The van der Waals surface area contributed by atoms with Gasteiger partial charge in [-0.2, -0.15) is 0 Å². The number of hydrogen-bond donors (Lipinski definition) is 1. The third-order valence-electron chi connectivity index (χ3n) is 2.73. The topological polar surface area (TPSA) is 49.8 Å². The molecule has 4 heteroatoms. The van der Waals surface area contributed by atoms with Crippen LogP contribution in [0.2, 0.25) is 0 Å². The molecule has 0 saturated carbocycles. The lowest BCUT2D eigenvalue weighted by atomic mass is 10.0. The Balaban J connectivity index is 2.26. The fourth-order valence-corrected chi connectivity index (χ4v) is 2.07. The minimum atomic E-state index is -1.40. The fraction of sp³-hybridized carbons (Fsp3) is 0.583. The van der Waals surface area contributed by atoms with Crippen LogP contribution in [0.5, 0.6) is 0 Å². The lowest BCUT2D eigenvalue weighted by Gasteiger charge is -2.42. The Morgan fingerprint density at radius 3 is 3.06 bits per heavy atom. The van der Waals surface area contributed by atoms with E-state index in [-0.39, 0.29) is 5.78 Å². The first-order chi connectivity index (χ1) is 7.51. The van der Waals surface area contributed by atoms with Crippen molar-refractivity contribution >= 4 is 5.78 Å². The molecule has 4 nitrogen and oxygen atoms in total. The van der Waals surface area contributed by atoms with E-state index < -0.39 is 5.79 Å². The standard InChI is InChI=1S/C12H17NO3/c1-9(2)8-13-5-6-16-12(15)4-3-10(14)7-11(12)13/h3-4,7,9,15H,5-6,8H2,1-2H3. The zero-order valence-electron chi connectivity index (χ0n) is 9.64. The van der Waals surface area contributed by atoms with Gasteiger partial charge in [-0.3, -0.25) is 4.79 Å². The predicted molar refractivity (Wildman–Crippen MR) is 59.5 cm³/mol. The first-order valence-electron chi connectivity index (χ1n) is 5.58. The van der Waals surface area contributed by atoms with E-state index in [9.17, 15) is 9.90 Å². The van der Waals surface area contributed by atoms with Crippen molar-refractivity contribution < 1.29 is 14.6 Å². The Kier molecular flexibility index (Phi) is 2.86. The predicted octanol–water partition coefficient (Wildman–Crippen LogP) is 0.686. The summed E-state index contributed by atoms with van der Waals surface area (Å²) in [5, 5.41) is 10.2. The molecule has 1 saturated heterocycles. The molecule has 2 rings (SSSR count). The number of ketones is 1. The second-order valence-corrected chi connectivity index (χ2v) is 4.65. The minimum absolute atomic E-state index is 0.0982. The number of allylic oxidation sites excluding steroid dienone is 2. The van der Waals surface area contributed by atoms with Gasteiger partial charge in [0.05, 0.1) is 12.3 Å². The van der Waals surface area contributed by atoms with Gasteiger partial charge in [-0.15, -0.1) is 0 Å². The van der Waals surface area contributed by atoms with E-state index in [1.807, 2.05) is 4.90 Å². The van der Waals surface area contributed by atoms with Crippen molar-refractivity contribution in [1.82, 2.24) is 4.90 Å². The summed E-state index contributed by atoms with van der Waals surface area (Å²) in [5.41, 5.74) is 0.569. The van der Waals surface area contributed by atoms with E-state index in [1.165, 1.54) is 18.2 Å². The van der Waals surface area contributed by atoms with Crippen LogP contribution in [0, 0.1) is 5.92 Å². The maximum atomic E-state index is 11.3. The first kappa shape index (κ1) is 11.4. The van der Waals surface area contributed by atoms with E-state index in [0.29, 0.717) is 24.8 Å². The van der Waals surface area contributed by atoms with Gasteiger partial charge in [-0.1, -0.05) is 13.8 Å². The number of carbonyl (C=O) groups excluding carboxylic acids is 1. The second-order valence-electron chi connectivity index (χ2n) is 4.65. The van der Waals surface area contributed by atoms with Gasteiger partial charge in [-0.05, 0) is 18.1 Å². The molecule has 0 spiro atoms. The smallest absolute Gasteiger partial charge is 0.228 e. The Morgan fingerprint density at radius 2 is 2.38 bits per heavy atom. The van der Waals surface area contributed by atoms with Crippen molar-refractivity contribution in [3.63, 3.8) is 0 Å². The highest BCUT2D eigenvalue weighted by Gasteiger charge is 2.39. The molecular formula is C12H17NO3. The van der Waals surface area contributed by atoms with Crippen molar-refractivity contribution in [3.05, 3.63) is 23.9 Å². The average molecular weight is 223 g/mol. The van der Waals surface area contributed by atoms with E-state index in [2.05, 4.69) is 13.8 Å². The quantitative estimate of drug-likeness (QED) is 0.748. The van der Waals surface area contributed by atoms with Gasteiger partial charge in [0, 0.05) is 19.2 Å². The molecule has 88 valence electrons. The summed E-state index contributed by atoms with van der Waals surface area (Å²) in [4.78, 5) is 13.4. The molecule has 2 aliphatic rings. The van der Waals surface area contributed by atoms with Gasteiger partial charge in [-0.25, -0.2) is 0 Å². The van der Waals surface area contributed by atoms with Crippen LogP contribution in [-0.4, -0.2) is 41.3 Å². The molecule has 1 heterocycles. The maximum Gasteiger partial charge on any atom is 0.228 e. The molecule has 0 aromatic heterocycles. The van der Waals surface area contributed by atoms with Crippen LogP contribution in [0.15, 0.2) is 23.9 Å². The van der Waals surface area contributed by atoms with Crippen molar-refractivity contribution in [2.45, 2.75) is 19.6 Å². The summed E-state index contributed by atoms with van der Waals surface area (Å²) in [6.07, 6.45) is 4.24. The van der Waals surface area contributed by atoms with Gasteiger partial charge in [0.15, 0.2) is 5.78 Å². The number of aliphatic hydroxyl groups is 1. The molecule has 1 unspecified atom stereocenters. The maximum absolute atomic E-state index is 11.3.